The number of hydrogen-bond donors (Lipinski definition) is 2. The summed E-state index contributed by atoms with van der Waals surface area (Å²) in [4.78, 5) is -0.0197. The van der Waals surface area contributed by atoms with Crippen LogP contribution in [0.1, 0.15) is 26.5 Å². The molecule has 0 spiro atoms. The average molecular weight is 706 g/mol. The number of aromatic nitrogens is 3. The molecule has 5 aromatic rings. The summed E-state index contributed by atoms with van der Waals surface area (Å²) in [6, 6.07) is 31.0. The van der Waals surface area contributed by atoms with Gasteiger partial charge in [0, 0.05) is 35.2 Å². The first kappa shape index (κ1) is 35.0. The molecule has 0 aliphatic carbocycles. The molecule has 0 aliphatic heterocycles. The van der Waals surface area contributed by atoms with Gasteiger partial charge in [0.2, 0.25) is 20.9 Å². The van der Waals surface area contributed by atoms with Crippen molar-refractivity contribution in [1.82, 2.24) is 10.2 Å². The van der Waals surface area contributed by atoms with E-state index in [1.54, 1.807) is 12.1 Å². The largest absolute Gasteiger partial charge is 0.267 e. The zero-order valence-electron chi connectivity index (χ0n) is 24.5. The van der Waals surface area contributed by atoms with Crippen LogP contribution in [0.4, 0.5) is 5.13 Å². The minimum atomic E-state index is -4.94. The molecule has 0 fully saturated rings. The fraction of sp³-hybridized carbons (Fsp3) is 0.138. The lowest BCUT2D eigenvalue weighted by molar-refractivity contribution is -2.00. The van der Waals surface area contributed by atoms with Gasteiger partial charge < -0.3 is 0 Å². The topological polar surface area (TPSA) is 228 Å². The van der Waals surface area contributed by atoms with E-state index in [1.165, 1.54) is 12.1 Å². The molecule has 46 heavy (non-hydrogen) atoms. The Morgan fingerprint density at radius 2 is 1.28 bits per heavy atom. The lowest BCUT2D eigenvalue weighted by Crippen LogP contribution is -2.68. The maximum absolute atomic E-state index is 13.1. The van der Waals surface area contributed by atoms with E-state index < -0.39 is 34.6 Å². The average Bonchev–Trinajstić information content (AvgIpc) is 3.45. The Labute approximate surface area is 272 Å². The molecule has 0 atom stereocenters. The van der Waals surface area contributed by atoms with Crippen molar-refractivity contribution >= 4 is 36.5 Å². The zero-order chi connectivity index (χ0) is 33.9. The van der Waals surface area contributed by atoms with Gasteiger partial charge in [0.1, 0.15) is 0 Å². The predicted octanol–water partition coefficient (Wildman–Crippen LogP) is 0.139. The van der Waals surface area contributed by atoms with Crippen molar-refractivity contribution in [2.75, 3.05) is 4.72 Å². The minimum Gasteiger partial charge on any atom is -0.253 e. The van der Waals surface area contributed by atoms with Crippen molar-refractivity contribution in [2.45, 2.75) is 35.4 Å². The fourth-order valence-corrected chi connectivity index (χ4v) is 6.92. The van der Waals surface area contributed by atoms with Crippen LogP contribution in [0, 0.1) is 10.2 Å². The summed E-state index contributed by atoms with van der Waals surface area (Å²) in [5.41, 5.74) is 5.68. The number of benzene rings is 3. The molecule has 0 saturated heterocycles. The Morgan fingerprint density at radius 3 is 1.76 bits per heavy atom. The number of hydrogen-bond acceptors (Lipinski definition) is 11. The summed E-state index contributed by atoms with van der Waals surface area (Å²) >= 11 is 0.536. The van der Waals surface area contributed by atoms with Crippen LogP contribution in [-0.4, -0.2) is 27.0 Å². The second-order valence-electron chi connectivity index (χ2n) is 10.7. The van der Waals surface area contributed by atoms with Crippen LogP contribution in [0.15, 0.2) is 106 Å². The standard InChI is InChI=1S/C29H28N5O4S3.ClHO4/c1-29(2,3)26-19-22(20-10-6-4-7-11-20)18-25(21-12-8-5-9-13-21)34(26)23-14-16-24(17-15-23)41(37,38)33-27-31-32-28(39-27)40(30,35)36;2-1(3,4)5/h4-19H,1-3H3,(H,31,33)(H2,30,35,36);(H,2,3,4,5)/q+1;/p-1. The van der Waals surface area contributed by atoms with E-state index in [0.717, 1.165) is 33.8 Å². The molecule has 0 unspecified atom stereocenters. The van der Waals surface area contributed by atoms with E-state index in [2.05, 4.69) is 64.5 Å². The molecule has 242 valence electrons. The Hall–Kier alpha value is -3.84. The minimum absolute atomic E-state index is 0.0197. The highest BCUT2D eigenvalue weighted by molar-refractivity contribution is 7.93. The first-order valence-corrected chi connectivity index (χ1v) is 18.2. The van der Waals surface area contributed by atoms with E-state index >= 15 is 0 Å². The molecule has 3 N–H and O–H groups in total. The van der Waals surface area contributed by atoms with Crippen LogP contribution < -0.4 is 33.1 Å². The van der Waals surface area contributed by atoms with Crippen molar-refractivity contribution in [2.24, 2.45) is 5.14 Å². The monoisotopic (exact) mass is 705 g/mol. The summed E-state index contributed by atoms with van der Waals surface area (Å²) in [5, 5.41) is 11.9. The Balaban J connectivity index is 0.000000892. The number of sulfonamides is 2. The number of nitrogens with one attached hydrogen (secondary N) is 1. The van der Waals surface area contributed by atoms with Crippen LogP contribution in [0.25, 0.3) is 28.1 Å². The second kappa shape index (κ2) is 13.5. The Morgan fingerprint density at radius 1 is 0.761 bits per heavy atom. The van der Waals surface area contributed by atoms with Gasteiger partial charge in [-0.1, -0.05) is 80.6 Å². The van der Waals surface area contributed by atoms with E-state index in [4.69, 9.17) is 23.8 Å². The maximum atomic E-state index is 13.1. The summed E-state index contributed by atoms with van der Waals surface area (Å²) < 4.78 is 87.0. The van der Waals surface area contributed by atoms with Crippen LogP contribution in [0.2, 0.25) is 0 Å². The van der Waals surface area contributed by atoms with E-state index in [1.807, 2.05) is 48.5 Å². The highest BCUT2D eigenvalue weighted by Gasteiger charge is 2.32. The molecule has 2 aromatic heterocycles. The normalized spacial score (nSPS) is 12.3. The first-order chi connectivity index (χ1) is 21.3. The number of halogens is 1. The number of primary sulfonamides is 1. The summed E-state index contributed by atoms with van der Waals surface area (Å²) in [7, 11) is -13.1. The number of rotatable bonds is 7. The van der Waals surface area contributed by atoms with Crippen molar-refractivity contribution in [1.29, 1.82) is 0 Å². The Bertz CT molecular complexity index is 2030. The molecule has 0 amide bonds. The third-order valence-corrected chi connectivity index (χ3v) is 9.92. The molecular formula is C29H28ClN5O8S3. The molecule has 13 nitrogen and oxygen atoms in total. The number of nitrogens with zero attached hydrogens (tertiary/aromatic N) is 3. The fourth-order valence-electron chi connectivity index (χ4n) is 4.36. The lowest BCUT2D eigenvalue weighted by Gasteiger charge is -2.20. The molecule has 0 bridgehead atoms. The van der Waals surface area contributed by atoms with Crippen LogP contribution >= 0.6 is 11.3 Å². The predicted molar refractivity (Wildman–Crippen MR) is 160 cm³/mol. The summed E-state index contributed by atoms with van der Waals surface area (Å²) in [5.74, 6) is 0. The lowest BCUT2D eigenvalue weighted by atomic mass is 9.88. The first-order valence-electron chi connectivity index (χ1n) is 13.2. The number of pyridine rings is 1. The molecule has 5 rings (SSSR count). The summed E-state index contributed by atoms with van der Waals surface area (Å²) in [6.45, 7) is 6.43. The van der Waals surface area contributed by atoms with Gasteiger partial charge in [-0.15, -0.1) is 20.4 Å². The highest BCUT2D eigenvalue weighted by Crippen LogP contribution is 2.31. The Kier molecular flexibility index (Phi) is 10.3. The molecule has 0 radical (unpaired) electrons. The van der Waals surface area contributed by atoms with Gasteiger partial charge in [-0.2, -0.15) is 4.57 Å². The van der Waals surface area contributed by atoms with Gasteiger partial charge in [-0.25, -0.2) is 40.6 Å². The van der Waals surface area contributed by atoms with Gasteiger partial charge in [0.25, 0.3) is 20.0 Å². The van der Waals surface area contributed by atoms with Gasteiger partial charge in [-0.05, 0) is 35.4 Å². The smallest absolute Gasteiger partial charge is 0.253 e. The summed E-state index contributed by atoms with van der Waals surface area (Å²) in [6.07, 6.45) is 0. The van der Waals surface area contributed by atoms with Crippen molar-refractivity contribution in [3.63, 3.8) is 0 Å². The third kappa shape index (κ3) is 9.12. The third-order valence-electron chi connectivity index (χ3n) is 6.29. The molecule has 3 aromatic carbocycles. The molecule has 0 saturated carbocycles. The van der Waals surface area contributed by atoms with E-state index in [-0.39, 0.29) is 15.4 Å². The van der Waals surface area contributed by atoms with Crippen molar-refractivity contribution < 1.29 is 50.3 Å². The quantitative estimate of drug-likeness (QED) is 0.218. The van der Waals surface area contributed by atoms with Crippen molar-refractivity contribution in [3.05, 3.63) is 103 Å². The van der Waals surface area contributed by atoms with Crippen LogP contribution in [-0.2, 0) is 25.5 Å². The molecule has 2 heterocycles. The zero-order valence-corrected chi connectivity index (χ0v) is 27.7. The molecular weight excluding hydrogens is 678 g/mol. The van der Waals surface area contributed by atoms with Gasteiger partial charge >= 0.3 is 0 Å². The van der Waals surface area contributed by atoms with E-state index in [9.17, 15) is 16.8 Å². The van der Waals surface area contributed by atoms with Gasteiger partial charge in [0.15, 0.2) is 5.69 Å². The van der Waals surface area contributed by atoms with E-state index in [0.29, 0.717) is 11.3 Å². The van der Waals surface area contributed by atoms with Gasteiger partial charge in [0.05, 0.1) is 4.90 Å². The van der Waals surface area contributed by atoms with Crippen LogP contribution in [0.5, 0.6) is 0 Å². The van der Waals surface area contributed by atoms with Crippen LogP contribution in [0.3, 0.4) is 0 Å². The highest BCUT2D eigenvalue weighted by atomic mass is 35.7. The van der Waals surface area contributed by atoms with Crippen molar-refractivity contribution in [3.8, 4) is 28.1 Å². The maximum Gasteiger partial charge on any atom is 0.267 e. The number of anilines is 1. The second-order valence-corrected chi connectivity index (χ2v) is 15.9. The SMILES string of the molecule is CC(C)(C)c1cc(-c2ccccc2)cc(-c2ccccc2)[n+]1-c1ccc(S(=O)(=O)Nc2nnc(S(N)(=O)=O)s2)cc1.[O-][Cl+3]([O-])([O-])[O-]. The number of nitrogens with two attached hydrogens (primary N) is 1. The van der Waals surface area contributed by atoms with Gasteiger partial charge in [-0.3, -0.25) is 4.72 Å². The molecule has 0 aliphatic rings. The molecule has 17 heteroatoms.